The number of primary amides is 1. The Balaban J connectivity index is 1.88. The predicted molar refractivity (Wildman–Crippen MR) is 67.6 cm³/mol. The molecule has 0 radical (unpaired) electrons. The standard InChI is InChI=1S/C13H17N3O2/c14-12(17)5-6-15-13(18)11-7-9-3-1-2-4-10(9)8-16-11/h1-4,11,16H,5-8H2,(H2,14,17)(H,15,18)/t11-/m0/s1. The summed E-state index contributed by atoms with van der Waals surface area (Å²) >= 11 is 0. The average molecular weight is 247 g/mol. The van der Waals surface area contributed by atoms with Gasteiger partial charge in [0.05, 0.1) is 6.04 Å². The van der Waals surface area contributed by atoms with Crippen LogP contribution < -0.4 is 16.4 Å². The maximum atomic E-state index is 11.9. The first kappa shape index (κ1) is 12.6. The van der Waals surface area contributed by atoms with Gasteiger partial charge in [-0.3, -0.25) is 9.59 Å². The van der Waals surface area contributed by atoms with Crippen molar-refractivity contribution >= 4 is 11.8 Å². The molecule has 0 spiro atoms. The summed E-state index contributed by atoms with van der Waals surface area (Å²) in [4.78, 5) is 22.4. The quantitative estimate of drug-likeness (QED) is 0.682. The van der Waals surface area contributed by atoms with Crippen molar-refractivity contribution in [1.29, 1.82) is 0 Å². The minimum atomic E-state index is -0.405. The van der Waals surface area contributed by atoms with Gasteiger partial charge in [-0.15, -0.1) is 0 Å². The summed E-state index contributed by atoms with van der Waals surface area (Å²) in [5.41, 5.74) is 7.45. The number of nitrogens with two attached hydrogens (primary N) is 1. The van der Waals surface area contributed by atoms with E-state index in [1.807, 2.05) is 18.2 Å². The van der Waals surface area contributed by atoms with Crippen LogP contribution in [0.2, 0.25) is 0 Å². The van der Waals surface area contributed by atoms with Gasteiger partial charge < -0.3 is 16.4 Å². The van der Waals surface area contributed by atoms with E-state index >= 15 is 0 Å². The van der Waals surface area contributed by atoms with Crippen LogP contribution in [0, 0.1) is 0 Å². The van der Waals surface area contributed by atoms with Crippen LogP contribution in [0.4, 0.5) is 0 Å². The van der Waals surface area contributed by atoms with Gasteiger partial charge in [0.1, 0.15) is 0 Å². The molecule has 0 unspecified atom stereocenters. The van der Waals surface area contributed by atoms with Crippen LogP contribution in [0.15, 0.2) is 24.3 Å². The van der Waals surface area contributed by atoms with Crippen LogP contribution in [-0.2, 0) is 22.6 Å². The van der Waals surface area contributed by atoms with E-state index in [0.29, 0.717) is 19.5 Å². The highest BCUT2D eigenvalue weighted by Crippen LogP contribution is 2.16. The zero-order chi connectivity index (χ0) is 13.0. The molecule has 0 fully saturated rings. The third-order valence-electron chi connectivity index (χ3n) is 3.07. The number of hydrogen-bond acceptors (Lipinski definition) is 3. The van der Waals surface area contributed by atoms with Crippen molar-refractivity contribution < 1.29 is 9.59 Å². The van der Waals surface area contributed by atoms with Crippen LogP contribution in [0.1, 0.15) is 17.5 Å². The van der Waals surface area contributed by atoms with Crippen molar-refractivity contribution in [3.63, 3.8) is 0 Å². The van der Waals surface area contributed by atoms with Gasteiger partial charge in [0.2, 0.25) is 11.8 Å². The molecule has 1 aliphatic rings. The number of fused-ring (bicyclic) bond motifs is 1. The topological polar surface area (TPSA) is 84.2 Å². The third kappa shape index (κ3) is 3.07. The van der Waals surface area contributed by atoms with Gasteiger partial charge in [0, 0.05) is 19.5 Å². The first-order chi connectivity index (χ1) is 8.66. The zero-order valence-corrected chi connectivity index (χ0v) is 10.1. The highest BCUT2D eigenvalue weighted by atomic mass is 16.2. The van der Waals surface area contributed by atoms with E-state index in [0.717, 1.165) is 0 Å². The van der Waals surface area contributed by atoms with Crippen molar-refractivity contribution in [2.24, 2.45) is 5.73 Å². The molecule has 0 saturated heterocycles. The monoisotopic (exact) mass is 247 g/mol. The Morgan fingerprint density at radius 3 is 2.78 bits per heavy atom. The molecule has 0 aromatic heterocycles. The second kappa shape index (κ2) is 5.64. The SMILES string of the molecule is NC(=O)CCNC(=O)[C@@H]1Cc2ccccc2CN1. The Morgan fingerprint density at radius 1 is 1.33 bits per heavy atom. The lowest BCUT2D eigenvalue weighted by atomic mass is 9.95. The second-order valence-corrected chi connectivity index (χ2v) is 4.41. The summed E-state index contributed by atoms with van der Waals surface area (Å²) in [5.74, 6) is -0.483. The highest BCUT2D eigenvalue weighted by Gasteiger charge is 2.23. The fourth-order valence-corrected chi connectivity index (χ4v) is 2.07. The van der Waals surface area contributed by atoms with Crippen molar-refractivity contribution in [3.05, 3.63) is 35.4 Å². The fourth-order valence-electron chi connectivity index (χ4n) is 2.07. The first-order valence-corrected chi connectivity index (χ1v) is 6.03. The molecule has 2 rings (SSSR count). The molecule has 2 amide bonds. The maximum Gasteiger partial charge on any atom is 0.237 e. The second-order valence-electron chi connectivity index (χ2n) is 4.41. The molecule has 0 bridgehead atoms. The van der Waals surface area contributed by atoms with E-state index in [2.05, 4.69) is 16.7 Å². The number of amides is 2. The van der Waals surface area contributed by atoms with Crippen molar-refractivity contribution in [1.82, 2.24) is 10.6 Å². The molecule has 1 aromatic rings. The largest absolute Gasteiger partial charge is 0.370 e. The Morgan fingerprint density at radius 2 is 2.06 bits per heavy atom. The lowest BCUT2D eigenvalue weighted by Crippen LogP contribution is -2.48. The molecule has 5 nitrogen and oxygen atoms in total. The molecule has 18 heavy (non-hydrogen) atoms. The molecular formula is C13H17N3O2. The van der Waals surface area contributed by atoms with Crippen molar-refractivity contribution in [2.75, 3.05) is 6.54 Å². The number of carbonyl (C=O) groups excluding carboxylic acids is 2. The van der Waals surface area contributed by atoms with Crippen LogP contribution in [0.25, 0.3) is 0 Å². The summed E-state index contributed by atoms with van der Waals surface area (Å²) < 4.78 is 0. The van der Waals surface area contributed by atoms with Gasteiger partial charge in [0.25, 0.3) is 0 Å². The number of nitrogens with one attached hydrogen (secondary N) is 2. The minimum absolute atomic E-state index is 0.0780. The smallest absolute Gasteiger partial charge is 0.237 e. The van der Waals surface area contributed by atoms with Gasteiger partial charge in [-0.25, -0.2) is 0 Å². The molecule has 4 N–H and O–H groups in total. The van der Waals surface area contributed by atoms with Gasteiger partial charge in [-0.1, -0.05) is 24.3 Å². The molecule has 1 aromatic carbocycles. The summed E-state index contributed by atoms with van der Waals surface area (Å²) in [6, 6.07) is 7.84. The predicted octanol–water partition coefficient (Wildman–Crippen LogP) is -0.307. The lowest BCUT2D eigenvalue weighted by molar-refractivity contribution is -0.123. The van der Waals surface area contributed by atoms with Gasteiger partial charge in [0.15, 0.2) is 0 Å². The number of hydrogen-bond donors (Lipinski definition) is 3. The Kier molecular flexibility index (Phi) is 3.94. The molecular weight excluding hydrogens is 230 g/mol. The Hall–Kier alpha value is -1.88. The van der Waals surface area contributed by atoms with Crippen molar-refractivity contribution in [3.8, 4) is 0 Å². The van der Waals surface area contributed by atoms with Gasteiger partial charge in [-0.2, -0.15) is 0 Å². The fraction of sp³-hybridized carbons (Fsp3) is 0.385. The molecule has 1 aliphatic heterocycles. The number of benzene rings is 1. The molecule has 1 atom stereocenters. The van der Waals surface area contributed by atoms with E-state index in [1.165, 1.54) is 11.1 Å². The van der Waals surface area contributed by atoms with Gasteiger partial charge >= 0.3 is 0 Å². The summed E-state index contributed by atoms with van der Waals surface area (Å²) in [6.45, 7) is 0.998. The van der Waals surface area contributed by atoms with E-state index in [1.54, 1.807) is 0 Å². The van der Waals surface area contributed by atoms with Crippen LogP contribution in [-0.4, -0.2) is 24.4 Å². The molecule has 0 saturated carbocycles. The third-order valence-corrected chi connectivity index (χ3v) is 3.07. The lowest BCUT2D eigenvalue weighted by Gasteiger charge is -2.25. The van der Waals surface area contributed by atoms with Crippen LogP contribution in [0.5, 0.6) is 0 Å². The maximum absolute atomic E-state index is 11.9. The molecule has 96 valence electrons. The average Bonchev–Trinajstić information content (AvgIpc) is 2.37. The molecule has 5 heteroatoms. The first-order valence-electron chi connectivity index (χ1n) is 6.03. The zero-order valence-electron chi connectivity index (χ0n) is 10.1. The van der Waals surface area contributed by atoms with E-state index in [9.17, 15) is 9.59 Å². The van der Waals surface area contributed by atoms with Crippen molar-refractivity contribution in [2.45, 2.75) is 25.4 Å². The normalized spacial score (nSPS) is 17.9. The summed E-state index contributed by atoms with van der Waals surface area (Å²) in [7, 11) is 0. The number of carbonyl (C=O) groups is 2. The minimum Gasteiger partial charge on any atom is -0.370 e. The highest BCUT2D eigenvalue weighted by molar-refractivity contribution is 5.83. The van der Waals surface area contributed by atoms with Crippen LogP contribution in [0.3, 0.4) is 0 Å². The van der Waals surface area contributed by atoms with E-state index in [4.69, 9.17) is 5.73 Å². The van der Waals surface area contributed by atoms with E-state index < -0.39 is 5.91 Å². The Bertz CT molecular complexity index is 459. The Labute approximate surface area is 106 Å². The molecule has 0 aliphatic carbocycles. The van der Waals surface area contributed by atoms with Gasteiger partial charge in [-0.05, 0) is 17.5 Å². The summed E-state index contributed by atoms with van der Waals surface area (Å²) in [5, 5.41) is 5.90. The van der Waals surface area contributed by atoms with Crippen LogP contribution >= 0.6 is 0 Å². The summed E-state index contributed by atoms with van der Waals surface area (Å²) in [6.07, 6.45) is 0.855. The van der Waals surface area contributed by atoms with E-state index in [-0.39, 0.29) is 18.4 Å². The molecule has 1 heterocycles. The number of rotatable bonds is 4.